The van der Waals surface area contributed by atoms with Gasteiger partial charge in [0.25, 0.3) is 0 Å². The first-order valence-corrected chi connectivity index (χ1v) is 7.03. The number of rotatable bonds is 8. The molecule has 0 aromatic rings. The third kappa shape index (κ3) is 13.2. The molecular weight excluding hydrogens is 238 g/mol. The normalized spacial score (nSPS) is 11.2. The van der Waals surface area contributed by atoms with E-state index < -0.39 is 5.97 Å². The Bertz CT molecular complexity index is 249. The average molecular weight is 261 g/mol. The Kier molecular flexibility index (Phi) is 8.04. The summed E-state index contributed by atoms with van der Waals surface area (Å²) in [6.45, 7) is 7.03. The predicted molar refractivity (Wildman–Crippen MR) is 71.3 cm³/mol. The Labute approximate surface area is 108 Å². The summed E-state index contributed by atoms with van der Waals surface area (Å²) in [5.74, 6) is -0.00585. The van der Waals surface area contributed by atoms with Gasteiger partial charge in [-0.2, -0.15) is 0 Å². The summed E-state index contributed by atoms with van der Waals surface area (Å²) in [5.41, 5.74) is 0.275. The van der Waals surface area contributed by atoms with E-state index in [1.54, 1.807) is 0 Å². The van der Waals surface area contributed by atoms with Gasteiger partial charge in [0.1, 0.15) is 0 Å². The second-order valence-corrected chi connectivity index (χ2v) is 6.32. The standard InChI is InChI=1S/C12H23NO3S/c1-12(2,3)6-4-5-10(14)13-7-8-17-9-11(15)16/h4-9H2,1-3H3,(H,13,14)(H,15,16). The molecule has 0 saturated heterocycles. The molecule has 0 radical (unpaired) electrons. The van der Waals surface area contributed by atoms with Gasteiger partial charge in [-0.25, -0.2) is 0 Å². The van der Waals surface area contributed by atoms with Crippen LogP contribution in [-0.4, -0.2) is 35.0 Å². The van der Waals surface area contributed by atoms with Gasteiger partial charge in [-0.15, -0.1) is 11.8 Å². The molecule has 0 saturated carbocycles. The molecule has 0 aromatic heterocycles. The maximum absolute atomic E-state index is 11.4. The van der Waals surface area contributed by atoms with Crippen LogP contribution >= 0.6 is 11.8 Å². The number of thioether (sulfide) groups is 1. The van der Waals surface area contributed by atoms with Gasteiger partial charge in [-0.1, -0.05) is 20.8 Å². The third-order valence-electron chi connectivity index (χ3n) is 2.12. The number of hydrogen-bond acceptors (Lipinski definition) is 3. The fraction of sp³-hybridized carbons (Fsp3) is 0.833. The molecule has 0 unspecified atom stereocenters. The largest absolute Gasteiger partial charge is 0.481 e. The molecule has 0 aliphatic carbocycles. The lowest BCUT2D eigenvalue weighted by Crippen LogP contribution is -2.26. The maximum Gasteiger partial charge on any atom is 0.313 e. The van der Waals surface area contributed by atoms with Gasteiger partial charge in [-0.3, -0.25) is 9.59 Å². The van der Waals surface area contributed by atoms with Crippen LogP contribution in [-0.2, 0) is 9.59 Å². The molecule has 0 aromatic carbocycles. The van der Waals surface area contributed by atoms with E-state index in [1.165, 1.54) is 11.8 Å². The molecule has 2 N–H and O–H groups in total. The lowest BCUT2D eigenvalue weighted by atomic mass is 9.90. The van der Waals surface area contributed by atoms with Crippen LogP contribution < -0.4 is 5.32 Å². The molecule has 0 fully saturated rings. The lowest BCUT2D eigenvalue weighted by molar-refractivity contribution is -0.133. The highest BCUT2D eigenvalue weighted by molar-refractivity contribution is 7.99. The highest BCUT2D eigenvalue weighted by atomic mass is 32.2. The molecule has 5 heteroatoms. The van der Waals surface area contributed by atoms with Gasteiger partial charge in [0.15, 0.2) is 0 Å². The summed E-state index contributed by atoms with van der Waals surface area (Å²) in [5, 5.41) is 11.2. The predicted octanol–water partition coefficient (Wildman–Crippen LogP) is 2.14. The topological polar surface area (TPSA) is 66.4 Å². The van der Waals surface area contributed by atoms with E-state index in [-0.39, 0.29) is 17.1 Å². The molecule has 0 bridgehead atoms. The second kappa shape index (κ2) is 8.39. The Morgan fingerprint density at radius 3 is 2.47 bits per heavy atom. The van der Waals surface area contributed by atoms with Gasteiger partial charge >= 0.3 is 5.97 Å². The van der Waals surface area contributed by atoms with Crippen molar-refractivity contribution < 1.29 is 14.7 Å². The van der Waals surface area contributed by atoms with Crippen molar-refractivity contribution in [3.05, 3.63) is 0 Å². The molecule has 4 nitrogen and oxygen atoms in total. The zero-order valence-corrected chi connectivity index (χ0v) is 11.7. The third-order valence-corrected chi connectivity index (χ3v) is 3.07. The van der Waals surface area contributed by atoms with Gasteiger partial charge in [-0.05, 0) is 18.3 Å². The van der Waals surface area contributed by atoms with E-state index in [2.05, 4.69) is 26.1 Å². The number of carboxylic acids is 1. The molecular formula is C12H23NO3S. The summed E-state index contributed by atoms with van der Waals surface area (Å²) in [6.07, 6.45) is 2.49. The minimum absolute atomic E-state index is 0.0603. The number of amides is 1. The quantitative estimate of drug-likeness (QED) is 0.657. The van der Waals surface area contributed by atoms with Crippen molar-refractivity contribution >= 4 is 23.6 Å². The van der Waals surface area contributed by atoms with Crippen LogP contribution in [0.1, 0.15) is 40.0 Å². The van der Waals surface area contributed by atoms with Crippen molar-refractivity contribution in [1.29, 1.82) is 0 Å². The average Bonchev–Trinajstić information content (AvgIpc) is 2.14. The minimum atomic E-state index is -0.813. The van der Waals surface area contributed by atoms with Crippen LogP contribution in [0.2, 0.25) is 0 Å². The van der Waals surface area contributed by atoms with Crippen LogP contribution in [0.5, 0.6) is 0 Å². The molecule has 100 valence electrons. The van der Waals surface area contributed by atoms with Crippen molar-refractivity contribution in [3.63, 3.8) is 0 Å². The van der Waals surface area contributed by atoms with Gasteiger partial charge in [0, 0.05) is 18.7 Å². The number of aliphatic carboxylic acids is 1. The van der Waals surface area contributed by atoms with E-state index >= 15 is 0 Å². The summed E-state index contributed by atoms with van der Waals surface area (Å²) in [4.78, 5) is 21.6. The van der Waals surface area contributed by atoms with Crippen molar-refractivity contribution in [2.75, 3.05) is 18.1 Å². The monoisotopic (exact) mass is 261 g/mol. The van der Waals surface area contributed by atoms with Crippen molar-refractivity contribution in [2.45, 2.75) is 40.0 Å². The van der Waals surface area contributed by atoms with Crippen molar-refractivity contribution in [1.82, 2.24) is 5.32 Å². The number of carboxylic acid groups (broad SMARTS) is 1. The van der Waals surface area contributed by atoms with E-state index in [4.69, 9.17) is 5.11 Å². The molecule has 1 amide bonds. The van der Waals surface area contributed by atoms with E-state index in [0.717, 1.165) is 12.8 Å². The Hall–Kier alpha value is -0.710. The van der Waals surface area contributed by atoms with Crippen molar-refractivity contribution in [3.8, 4) is 0 Å². The number of nitrogens with one attached hydrogen (secondary N) is 1. The molecule has 0 atom stereocenters. The van der Waals surface area contributed by atoms with Crippen LogP contribution in [0.4, 0.5) is 0 Å². The van der Waals surface area contributed by atoms with Gasteiger partial charge in [0.05, 0.1) is 5.75 Å². The van der Waals surface area contributed by atoms with E-state index in [9.17, 15) is 9.59 Å². The summed E-state index contributed by atoms with van der Waals surface area (Å²) < 4.78 is 0. The van der Waals surface area contributed by atoms with E-state index in [1.807, 2.05) is 0 Å². The zero-order valence-electron chi connectivity index (χ0n) is 10.9. The minimum Gasteiger partial charge on any atom is -0.481 e. The summed E-state index contributed by atoms with van der Waals surface area (Å²) in [7, 11) is 0. The van der Waals surface area contributed by atoms with Crippen LogP contribution in [0.3, 0.4) is 0 Å². The molecule has 0 aliphatic rings. The van der Waals surface area contributed by atoms with Crippen LogP contribution in [0.15, 0.2) is 0 Å². The first-order valence-electron chi connectivity index (χ1n) is 5.87. The maximum atomic E-state index is 11.4. The van der Waals surface area contributed by atoms with Crippen LogP contribution in [0, 0.1) is 5.41 Å². The number of hydrogen-bond donors (Lipinski definition) is 2. The summed E-state index contributed by atoms with van der Waals surface area (Å²) in [6, 6.07) is 0. The zero-order chi connectivity index (χ0) is 13.3. The summed E-state index contributed by atoms with van der Waals surface area (Å²) >= 11 is 1.32. The SMILES string of the molecule is CC(C)(C)CCCC(=O)NCCSCC(=O)O. The second-order valence-electron chi connectivity index (χ2n) is 5.21. The van der Waals surface area contributed by atoms with Gasteiger partial charge < -0.3 is 10.4 Å². The first-order chi connectivity index (χ1) is 7.81. The molecule has 0 spiro atoms. The molecule has 0 aliphatic heterocycles. The molecule has 0 heterocycles. The Morgan fingerprint density at radius 1 is 1.29 bits per heavy atom. The smallest absolute Gasteiger partial charge is 0.313 e. The highest BCUT2D eigenvalue weighted by Gasteiger charge is 2.10. The molecule has 0 rings (SSSR count). The number of carbonyl (C=O) groups excluding carboxylic acids is 1. The van der Waals surface area contributed by atoms with E-state index in [0.29, 0.717) is 18.7 Å². The Morgan fingerprint density at radius 2 is 1.94 bits per heavy atom. The first kappa shape index (κ1) is 16.3. The molecule has 17 heavy (non-hydrogen) atoms. The Balaban J connectivity index is 3.38. The number of carbonyl (C=O) groups is 2. The highest BCUT2D eigenvalue weighted by Crippen LogP contribution is 2.21. The van der Waals surface area contributed by atoms with Crippen molar-refractivity contribution in [2.24, 2.45) is 5.41 Å². The fourth-order valence-electron chi connectivity index (χ4n) is 1.29. The van der Waals surface area contributed by atoms with Crippen LogP contribution in [0.25, 0.3) is 0 Å². The van der Waals surface area contributed by atoms with Gasteiger partial charge in [0.2, 0.25) is 5.91 Å². The fourth-order valence-corrected chi connectivity index (χ4v) is 1.86. The lowest BCUT2D eigenvalue weighted by Gasteiger charge is -2.17.